The van der Waals surface area contributed by atoms with E-state index in [9.17, 15) is 4.79 Å². The largest absolute Gasteiger partial charge is 0.497 e. The lowest BCUT2D eigenvalue weighted by molar-refractivity contribution is -0.120. The van der Waals surface area contributed by atoms with Gasteiger partial charge in [-0.05, 0) is 69.3 Å². The van der Waals surface area contributed by atoms with Crippen LogP contribution in [0.1, 0.15) is 49.2 Å². The van der Waals surface area contributed by atoms with E-state index >= 15 is 0 Å². The predicted octanol–water partition coefficient (Wildman–Crippen LogP) is 3.74. The van der Waals surface area contributed by atoms with Gasteiger partial charge in [-0.2, -0.15) is 5.10 Å². The van der Waals surface area contributed by atoms with Gasteiger partial charge in [0.1, 0.15) is 5.75 Å². The molecule has 0 atom stereocenters. The third-order valence-electron chi connectivity index (χ3n) is 6.27. The van der Waals surface area contributed by atoms with Crippen LogP contribution in [0.15, 0.2) is 24.3 Å². The van der Waals surface area contributed by atoms with Crippen LogP contribution in [-0.4, -0.2) is 47.3 Å². The average molecular weight is 427 g/mol. The Balaban J connectivity index is 1.41. The van der Waals surface area contributed by atoms with Crippen LogP contribution in [0.5, 0.6) is 5.75 Å². The Morgan fingerprint density at radius 2 is 1.87 bits per heavy atom. The molecule has 1 amide bonds. The molecule has 6 heteroatoms. The van der Waals surface area contributed by atoms with E-state index in [1.807, 2.05) is 23.7 Å². The highest BCUT2D eigenvalue weighted by Gasteiger charge is 2.21. The monoisotopic (exact) mass is 426 g/mol. The van der Waals surface area contributed by atoms with Crippen molar-refractivity contribution in [2.45, 2.75) is 60.0 Å². The summed E-state index contributed by atoms with van der Waals surface area (Å²) in [6, 6.07) is 8.32. The minimum Gasteiger partial charge on any atom is -0.497 e. The number of amides is 1. The maximum absolute atomic E-state index is 12.6. The van der Waals surface area contributed by atoms with Gasteiger partial charge in [0, 0.05) is 30.9 Å². The van der Waals surface area contributed by atoms with Crippen molar-refractivity contribution in [2.75, 3.05) is 26.7 Å². The summed E-state index contributed by atoms with van der Waals surface area (Å²) in [6.45, 7) is 13.2. The van der Waals surface area contributed by atoms with E-state index < -0.39 is 0 Å². The first-order chi connectivity index (χ1) is 14.9. The summed E-state index contributed by atoms with van der Waals surface area (Å²) >= 11 is 0. The minimum atomic E-state index is 0.107. The zero-order chi connectivity index (χ0) is 22.4. The summed E-state index contributed by atoms with van der Waals surface area (Å²) in [7, 11) is 1.70. The fourth-order valence-electron chi connectivity index (χ4n) is 4.33. The number of benzene rings is 1. The molecule has 31 heavy (non-hydrogen) atoms. The van der Waals surface area contributed by atoms with Crippen LogP contribution in [0.25, 0.3) is 0 Å². The van der Waals surface area contributed by atoms with Gasteiger partial charge in [-0.3, -0.25) is 14.4 Å². The number of hydrogen-bond donors (Lipinski definition) is 1. The van der Waals surface area contributed by atoms with E-state index in [4.69, 9.17) is 4.74 Å². The predicted molar refractivity (Wildman–Crippen MR) is 124 cm³/mol. The van der Waals surface area contributed by atoms with Crippen molar-refractivity contribution in [1.82, 2.24) is 20.0 Å². The zero-order valence-corrected chi connectivity index (χ0v) is 19.8. The molecule has 1 saturated heterocycles. The highest BCUT2D eigenvalue weighted by Crippen LogP contribution is 2.20. The molecule has 0 bridgehead atoms. The van der Waals surface area contributed by atoms with Gasteiger partial charge in [0.2, 0.25) is 5.91 Å². The molecule has 1 N–H and O–H groups in total. The van der Waals surface area contributed by atoms with Gasteiger partial charge in [-0.25, -0.2) is 0 Å². The molecule has 1 aromatic heterocycles. The Hall–Kier alpha value is -2.34. The summed E-state index contributed by atoms with van der Waals surface area (Å²) in [5.41, 5.74) is 4.48. The van der Waals surface area contributed by atoms with Crippen molar-refractivity contribution in [3.05, 3.63) is 46.8 Å². The molecule has 1 aromatic carbocycles. The fourth-order valence-corrected chi connectivity index (χ4v) is 4.33. The second kappa shape index (κ2) is 10.8. The van der Waals surface area contributed by atoms with Crippen molar-refractivity contribution in [3.63, 3.8) is 0 Å². The van der Waals surface area contributed by atoms with Crippen molar-refractivity contribution in [3.8, 4) is 5.75 Å². The van der Waals surface area contributed by atoms with Gasteiger partial charge >= 0.3 is 0 Å². The second-order valence-corrected chi connectivity index (χ2v) is 9.27. The van der Waals surface area contributed by atoms with Crippen molar-refractivity contribution in [2.24, 2.45) is 11.8 Å². The molecule has 0 saturated carbocycles. The summed E-state index contributed by atoms with van der Waals surface area (Å²) in [5.74, 6) is 2.10. The smallest absolute Gasteiger partial charge is 0.224 e. The molecule has 2 heterocycles. The summed E-state index contributed by atoms with van der Waals surface area (Å²) in [4.78, 5) is 15.1. The Morgan fingerprint density at radius 1 is 1.19 bits per heavy atom. The van der Waals surface area contributed by atoms with Gasteiger partial charge in [-0.1, -0.05) is 26.0 Å². The molecule has 1 aliphatic heterocycles. The number of aryl methyl sites for hydroxylation is 1. The number of rotatable bonds is 9. The molecule has 1 fully saturated rings. The van der Waals surface area contributed by atoms with E-state index in [0.29, 0.717) is 18.3 Å². The molecule has 0 unspecified atom stereocenters. The maximum atomic E-state index is 12.6. The fraction of sp³-hybridized carbons (Fsp3) is 0.600. The summed E-state index contributed by atoms with van der Waals surface area (Å²) in [6.07, 6.45) is 2.67. The van der Waals surface area contributed by atoms with Crippen molar-refractivity contribution < 1.29 is 9.53 Å². The lowest BCUT2D eigenvalue weighted by Crippen LogP contribution is -2.38. The second-order valence-electron chi connectivity index (χ2n) is 9.27. The first-order valence-electron chi connectivity index (χ1n) is 11.5. The molecular weight excluding hydrogens is 388 g/mol. The molecular formula is C25H38N4O2. The van der Waals surface area contributed by atoms with E-state index in [1.165, 1.54) is 5.56 Å². The van der Waals surface area contributed by atoms with Gasteiger partial charge in [0.05, 0.1) is 19.2 Å². The normalized spacial score (nSPS) is 15.4. The summed E-state index contributed by atoms with van der Waals surface area (Å²) in [5, 5.41) is 7.80. The van der Waals surface area contributed by atoms with Crippen molar-refractivity contribution >= 4 is 5.91 Å². The number of nitrogens with zero attached hydrogens (tertiary/aromatic N) is 3. The Labute approximate surface area is 187 Å². The standard InChI is InChI=1S/C25H38N4O2/c1-18(2)16-29-20(4)24(19(3)27-29)14-25(30)26-15-21-10-12-28(13-11-21)17-22-6-8-23(31-5)9-7-22/h6-9,18,21H,10-17H2,1-5H3,(H,26,30). The highest BCUT2D eigenvalue weighted by atomic mass is 16.5. The average Bonchev–Trinajstić information content (AvgIpc) is 3.00. The van der Waals surface area contributed by atoms with Crippen LogP contribution < -0.4 is 10.1 Å². The van der Waals surface area contributed by atoms with E-state index in [1.54, 1.807) is 7.11 Å². The number of carbonyl (C=O) groups is 1. The Kier molecular flexibility index (Phi) is 8.13. The molecule has 170 valence electrons. The Bertz CT molecular complexity index is 849. The molecule has 6 nitrogen and oxygen atoms in total. The number of ether oxygens (including phenoxy) is 1. The van der Waals surface area contributed by atoms with E-state index in [-0.39, 0.29) is 5.91 Å². The number of piperidine rings is 1. The number of hydrogen-bond acceptors (Lipinski definition) is 4. The number of carbonyl (C=O) groups excluding carboxylic acids is 1. The molecule has 1 aliphatic rings. The van der Waals surface area contributed by atoms with E-state index in [2.05, 4.69) is 48.2 Å². The molecule has 0 aliphatic carbocycles. The molecule has 3 rings (SSSR count). The lowest BCUT2D eigenvalue weighted by atomic mass is 9.96. The topological polar surface area (TPSA) is 59.4 Å². The number of nitrogens with one attached hydrogen (secondary N) is 1. The van der Waals surface area contributed by atoms with Gasteiger partial charge in [0.15, 0.2) is 0 Å². The number of aromatic nitrogens is 2. The van der Waals surface area contributed by atoms with Gasteiger partial charge in [-0.15, -0.1) is 0 Å². The lowest BCUT2D eigenvalue weighted by Gasteiger charge is -2.32. The zero-order valence-electron chi connectivity index (χ0n) is 19.8. The number of methoxy groups -OCH3 is 1. The first-order valence-corrected chi connectivity index (χ1v) is 11.5. The van der Waals surface area contributed by atoms with Crippen LogP contribution in [-0.2, 0) is 24.3 Å². The molecule has 0 radical (unpaired) electrons. The van der Waals surface area contributed by atoms with E-state index in [0.717, 1.165) is 68.3 Å². The minimum absolute atomic E-state index is 0.107. The molecule has 2 aromatic rings. The quantitative estimate of drug-likeness (QED) is 0.664. The third-order valence-corrected chi connectivity index (χ3v) is 6.27. The highest BCUT2D eigenvalue weighted by molar-refractivity contribution is 5.79. The first kappa shape index (κ1) is 23.3. The number of likely N-dealkylation sites (tertiary alicyclic amines) is 1. The van der Waals surface area contributed by atoms with Gasteiger partial charge in [0.25, 0.3) is 0 Å². The van der Waals surface area contributed by atoms with Crippen LogP contribution in [0.3, 0.4) is 0 Å². The SMILES string of the molecule is COc1ccc(CN2CCC(CNC(=O)Cc3c(C)nn(CC(C)C)c3C)CC2)cc1. The molecule has 0 spiro atoms. The third kappa shape index (κ3) is 6.57. The van der Waals surface area contributed by atoms with Crippen molar-refractivity contribution in [1.29, 1.82) is 0 Å². The van der Waals surface area contributed by atoms with Gasteiger partial charge < -0.3 is 10.1 Å². The van der Waals surface area contributed by atoms with Crippen LogP contribution >= 0.6 is 0 Å². The maximum Gasteiger partial charge on any atom is 0.224 e. The Morgan fingerprint density at radius 3 is 2.48 bits per heavy atom. The van der Waals surface area contributed by atoms with Crippen LogP contribution in [0, 0.1) is 25.7 Å². The summed E-state index contributed by atoms with van der Waals surface area (Å²) < 4.78 is 7.28. The van der Waals surface area contributed by atoms with Crippen LogP contribution in [0.4, 0.5) is 0 Å². The van der Waals surface area contributed by atoms with Crippen LogP contribution in [0.2, 0.25) is 0 Å².